The molecular formula is C11H24N2O. The van der Waals surface area contributed by atoms with Crippen molar-refractivity contribution in [3.05, 3.63) is 0 Å². The fraction of sp³-hybridized carbons (Fsp3) is 1.00. The molecule has 1 fully saturated rings. The maximum Gasteiger partial charge on any atom is 0.0766 e. The van der Waals surface area contributed by atoms with Crippen molar-refractivity contribution in [1.82, 2.24) is 10.6 Å². The number of hydrogen-bond donors (Lipinski definition) is 3. The maximum atomic E-state index is 10.1. The molecule has 0 bridgehead atoms. The summed E-state index contributed by atoms with van der Waals surface area (Å²) in [6.45, 7) is 9.11. The molecule has 0 spiro atoms. The summed E-state index contributed by atoms with van der Waals surface area (Å²) in [4.78, 5) is 0. The largest absolute Gasteiger partial charge is 0.389 e. The van der Waals surface area contributed by atoms with Crippen LogP contribution in [0.4, 0.5) is 0 Å². The van der Waals surface area contributed by atoms with Crippen molar-refractivity contribution in [3.63, 3.8) is 0 Å². The summed E-state index contributed by atoms with van der Waals surface area (Å²) in [6.07, 6.45) is 2.79. The zero-order chi connectivity index (χ0) is 10.7. The first kappa shape index (κ1) is 12.0. The first-order valence-corrected chi connectivity index (χ1v) is 5.72. The molecule has 0 amide bonds. The molecule has 1 atom stereocenters. The van der Waals surface area contributed by atoms with Crippen molar-refractivity contribution >= 4 is 0 Å². The van der Waals surface area contributed by atoms with Crippen LogP contribution in [0.2, 0.25) is 0 Å². The fourth-order valence-electron chi connectivity index (χ4n) is 1.85. The van der Waals surface area contributed by atoms with Gasteiger partial charge in [0.2, 0.25) is 0 Å². The Morgan fingerprint density at radius 3 is 2.50 bits per heavy atom. The smallest absolute Gasteiger partial charge is 0.0766 e. The molecule has 3 N–H and O–H groups in total. The summed E-state index contributed by atoms with van der Waals surface area (Å²) >= 11 is 0. The Hall–Kier alpha value is -0.120. The second-order valence-corrected chi connectivity index (χ2v) is 4.77. The van der Waals surface area contributed by atoms with Gasteiger partial charge in [-0.2, -0.15) is 0 Å². The monoisotopic (exact) mass is 200 g/mol. The van der Waals surface area contributed by atoms with Crippen LogP contribution in [0, 0.1) is 0 Å². The van der Waals surface area contributed by atoms with Gasteiger partial charge < -0.3 is 15.7 Å². The minimum absolute atomic E-state index is 0.179. The minimum atomic E-state index is -0.522. The molecule has 84 valence electrons. The van der Waals surface area contributed by atoms with Gasteiger partial charge in [-0.1, -0.05) is 13.8 Å². The second-order valence-electron chi connectivity index (χ2n) is 4.77. The van der Waals surface area contributed by atoms with E-state index in [0.29, 0.717) is 6.54 Å². The zero-order valence-electron chi connectivity index (χ0n) is 9.69. The molecule has 1 rings (SSSR count). The third kappa shape index (κ3) is 2.94. The van der Waals surface area contributed by atoms with Crippen molar-refractivity contribution < 1.29 is 5.11 Å². The van der Waals surface area contributed by atoms with Gasteiger partial charge in [0.1, 0.15) is 0 Å². The van der Waals surface area contributed by atoms with E-state index >= 15 is 0 Å². The predicted molar refractivity (Wildman–Crippen MR) is 59.4 cm³/mol. The highest BCUT2D eigenvalue weighted by Gasteiger charge is 2.31. The van der Waals surface area contributed by atoms with Gasteiger partial charge in [0.15, 0.2) is 0 Å². The Morgan fingerprint density at radius 1 is 1.43 bits per heavy atom. The predicted octanol–water partition coefficient (Wildman–Crippen LogP) is 0.879. The normalized spacial score (nSPS) is 28.3. The lowest BCUT2D eigenvalue weighted by Crippen LogP contribution is -2.51. The van der Waals surface area contributed by atoms with Crippen molar-refractivity contribution in [2.75, 3.05) is 19.6 Å². The quantitative estimate of drug-likeness (QED) is 0.617. The molecule has 1 unspecified atom stereocenters. The Bertz CT molecular complexity index is 168. The maximum absolute atomic E-state index is 10.1. The zero-order valence-corrected chi connectivity index (χ0v) is 9.69. The Balaban J connectivity index is 2.38. The van der Waals surface area contributed by atoms with Gasteiger partial charge in [-0.05, 0) is 32.7 Å². The summed E-state index contributed by atoms with van der Waals surface area (Å²) in [5.74, 6) is 0. The van der Waals surface area contributed by atoms with Crippen LogP contribution in [0.25, 0.3) is 0 Å². The van der Waals surface area contributed by atoms with Gasteiger partial charge in [0.05, 0.1) is 5.60 Å². The summed E-state index contributed by atoms with van der Waals surface area (Å²) in [5.41, 5.74) is -0.343. The van der Waals surface area contributed by atoms with E-state index in [1.54, 1.807) is 0 Å². The number of nitrogens with one attached hydrogen (secondary N) is 2. The van der Waals surface area contributed by atoms with E-state index in [4.69, 9.17) is 0 Å². The Kier molecular flexibility index (Phi) is 3.93. The van der Waals surface area contributed by atoms with Crippen molar-refractivity contribution in [2.24, 2.45) is 0 Å². The van der Waals surface area contributed by atoms with Gasteiger partial charge in [-0.15, -0.1) is 0 Å². The van der Waals surface area contributed by atoms with Crippen molar-refractivity contribution in [1.29, 1.82) is 0 Å². The molecule has 0 saturated carbocycles. The second kappa shape index (κ2) is 4.60. The fourth-order valence-corrected chi connectivity index (χ4v) is 1.85. The van der Waals surface area contributed by atoms with Crippen LogP contribution < -0.4 is 10.6 Å². The van der Waals surface area contributed by atoms with Crippen LogP contribution in [0.5, 0.6) is 0 Å². The van der Waals surface area contributed by atoms with E-state index in [-0.39, 0.29) is 5.54 Å². The topological polar surface area (TPSA) is 44.3 Å². The third-order valence-electron chi connectivity index (χ3n) is 3.53. The molecule has 1 aliphatic rings. The Morgan fingerprint density at radius 2 is 2.07 bits per heavy atom. The van der Waals surface area contributed by atoms with Crippen LogP contribution in [0.3, 0.4) is 0 Å². The van der Waals surface area contributed by atoms with Crippen LogP contribution in [0.15, 0.2) is 0 Å². The number of rotatable bonds is 5. The van der Waals surface area contributed by atoms with E-state index in [1.165, 1.54) is 0 Å². The number of aliphatic hydroxyl groups is 1. The van der Waals surface area contributed by atoms with Gasteiger partial charge in [-0.3, -0.25) is 0 Å². The number of β-amino-alcohol motifs (C(OH)–C–C–N with tert-alkyl or cyclic N) is 1. The van der Waals surface area contributed by atoms with Crippen LogP contribution in [0.1, 0.15) is 40.0 Å². The van der Waals surface area contributed by atoms with Gasteiger partial charge >= 0.3 is 0 Å². The third-order valence-corrected chi connectivity index (χ3v) is 3.53. The SMILES string of the molecule is CCC(O)(CC)CNC1(C)CCNC1. The van der Waals surface area contributed by atoms with Crippen molar-refractivity contribution in [3.8, 4) is 0 Å². The molecule has 1 heterocycles. The lowest BCUT2D eigenvalue weighted by Gasteiger charge is -2.32. The molecule has 3 heteroatoms. The summed E-state index contributed by atoms with van der Waals surface area (Å²) < 4.78 is 0. The lowest BCUT2D eigenvalue weighted by atomic mass is 9.94. The highest BCUT2D eigenvalue weighted by Crippen LogP contribution is 2.18. The first-order chi connectivity index (χ1) is 6.54. The summed E-state index contributed by atoms with van der Waals surface area (Å²) in [5, 5.41) is 16.9. The van der Waals surface area contributed by atoms with Crippen LogP contribution in [-0.4, -0.2) is 35.9 Å². The van der Waals surface area contributed by atoms with E-state index in [1.807, 2.05) is 13.8 Å². The molecule has 0 radical (unpaired) electrons. The van der Waals surface area contributed by atoms with Crippen molar-refractivity contribution in [2.45, 2.75) is 51.2 Å². The Labute approximate surface area is 87.3 Å². The first-order valence-electron chi connectivity index (χ1n) is 5.72. The van der Waals surface area contributed by atoms with E-state index in [2.05, 4.69) is 17.6 Å². The standard InChI is InChI=1S/C11H24N2O/c1-4-11(14,5-2)9-13-10(3)6-7-12-8-10/h12-14H,4-9H2,1-3H3. The highest BCUT2D eigenvalue weighted by molar-refractivity contribution is 4.93. The molecule has 0 aromatic carbocycles. The molecule has 0 aromatic rings. The van der Waals surface area contributed by atoms with Gasteiger partial charge in [0.25, 0.3) is 0 Å². The molecule has 3 nitrogen and oxygen atoms in total. The highest BCUT2D eigenvalue weighted by atomic mass is 16.3. The summed E-state index contributed by atoms with van der Waals surface area (Å²) in [6, 6.07) is 0. The van der Waals surface area contributed by atoms with Gasteiger partial charge in [0, 0.05) is 18.6 Å². The lowest BCUT2D eigenvalue weighted by molar-refractivity contribution is 0.0259. The number of hydrogen-bond acceptors (Lipinski definition) is 3. The van der Waals surface area contributed by atoms with Gasteiger partial charge in [-0.25, -0.2) is 0 Å². The van der Waals surface area contributed by atoms with Crippen LogP contribution in [-0.2, 0) is 0 Å². The van der Waals surface area contributed by atoms with E-state index < -0.39 is 5.60 Å². The minimum Gasteiger partial charge on any atom is -0.389 e. The molecule has 1 saturated heterocycles. The van der Waals surface area contributed by atoms with Crippen LogP contribution >= 0.6 is 0 Å². The molecule has 14 heavy (non-hydrogen) atoms. The van der Waals surface area contributed by atoms with E-state index in [9.17, 15) is 5.11 Å². The average Bonchev–Trinajstić information content (AvgIpc) is 2.63. The molecular weight excluding hydrogens is 176 g/mol. The molecule has 0 aliphatic carbocycles. The molecule has 1 aliphatic heterocycles. The average molecular weight is 200 g/mol. The molecule has 0 aromatic heterocycles. The van der Waals surface area contributed by atoms with E-state index in [0.717, 1.165) is 32.4 Å². The summed E-state index contributed by atoms with van der Waals surface area (Å²) in [7, 11) is 0.